The Morgan fingerprint density at radius 2 is 1.81 bits per heavy atom. The molecule has 32 heavy (non-hydrogen) atoms. The maximum atomic E-state index is 13.8. The van der Waals surface area contributed by atoms with Crippen LogP contribution in [0, 0.1) is 5.41 Å². The topological polar surface area (TPSA) is 56.7 Å². The van der Waals surface area contributed by atoms with Gasteiger partial charge in [0.05, 0.1) is 22.6 Å². The van der Waals surface area contributed by atoms with E-state index < -0.39 is 17.2 Å². The van der Waals surface area contributed by atoms with Crippen LogP contribution in [0.1, 0.15) is 50.5 Å². The van der Waals surface area contributed by atoms with Crippen molar-refractivity contribution < 1.29 is 23.1 Å². The second-order valence-corrected chi connectivity index (χ2v) is 9.56. The van der Waals surface area contributed by atoms with E-state index in [-0.39, 0.29) is 23.4 Å². The SMILES string of the molecule is O=C1N([C@H]2CC[C@H](O)CC2)CC[C@]12CCCN(c1cc(C(F)(F)F)c3ccccc3n1)C2. The molecular weight excluding hydrogens is 419 g/mol. The molecule has 3 heterocycles. The molecule has 1 spiro atoms. The van der Waals surface area contributed by atoms with Crippen molar-refractivity contribution in [2.75, 3.05) is 24.5 Å². The molecular formula is C24H28F3N3O2. The second kappa shape index (κ2) is 7.90. The van der Waals surface area contributed by atoms with Crippen LogP contribution >= 0.6 is 0 Å². The number of rotatable bonds is 2. The zero-order chi connectivity index (χ0) is 22.5. The van der Waals surface area contributed by atoms with E-state index in [9.17, 15) is 23.1 Å². The van der Waals surface area contributed by atoms with E-state index in [1.54, 1.807) is 18.2 Å². The van der Waals surface area contributed by atoms with E-state index in [0.717, 1.165) is 51.0 Å². The summed E-state index contributed by atoms with van der Waals surface area (Å²) in [4.78, 5) is 21.9. The maximum Gasteiger partial charge on any atom is 0.417 e. The molecule has 5 nitrogen and oxygen atoms in total. The average Bonchev–Trinajstić information content (AvgIpc) is 3.08. The number of fused-ring (bicyclic) bond motifs is 1. The van der Waals surface area contributed by atoms with Crippen LogP contribution in [0.3, 0.4) is 0 Å². The smallest absolute Gasteiger partial charge is 0.393 e. The molecule has 1 aromatic heterocycles. The van der Waals surface area contributed by atoms with Gasteiger partial charge < -0.3 is 14.9 Å². The van der Waals surface area contributed by atoms with Gasteiger partial charge in [-0.1, -0.05) is 18.2 Å². The summed E-state index contributed by atoms with van der Waals surface area (Å²) < 4.78 is 41.3. The van der Waals surface area contributed by atoms with Gasteiger partial charge in [-0.25, -0.2) is 4.98 Å². The Hall–Kier alpha value is -2.35. The average molecular weight is 448 g/mol. The molecule has 172 valence electrons. The van der Waals surface area contributed by atoms with Gasteiger partial charge in [0.1, 0.15) is 5.82 Å². The summed E-state index contributed by atoms with van der Waals surface area (Å²) in [5.41, 5.74) is -0.921. The number of para-hydroxylation sites is 1. The Balaban J connectivity index is 1.42. The summed E-state index contributed by atoms with van der Waals surface area (Å²) in [5, 5.41) is 9.89. The Bertz CT molecular complexity index is 1020. The second-order valence-electron chi connectivity index (χ2n) is 9.56. The molecule has 5 rings (SSSR count). The monoisotopic (exact) mass is 447 g/mol. The molecule has 1 saturated carbocycles. The number of hydrogen-bond donors (Lipinski definition) is 1. The quantitative estimate of drug-likeness (QED) is 0.743. The van der Waals surface area contributed by atoms with Crippen molar-refractivity contribution in [3.8, 4) is 0 Å². The normalized spacial score (nSPS) is 29.3. The molecule has 3 aliphatic rings. The van der Waals surface area contributed by atoms with E-state index in [1.807, 2.05) is 9.80 Å². The number of halogens is 3. The Morgan fingerprint density at radius 3 is 2.56 bits per heavy atom. The van der Waals surface area contributed by atoms with E-state index >= 15 is 0 Å². The number of carbonyl (C=O) groups excluding carboxylic acids is 1. The van der Waals surface area contributed by atoms with Gasteiger partial charge in [0.2, 0.25) is 5.91 Å². The van der Waals surface area contributed by atoms with E-state index in [4.69, 9.17) is 0 Å². The Kier molecular flexibility index (Phi) is 5.31. The minimum Gasteiger partial charge on any atom is -0.393 e. The molecule has 1 amide bonds. The highest BCUT2D eigenvalue weighted by Gasteiger charge is 2.51. The first-order valence-corrected chi connectivity index (χ1v) is 11.5. The lowest BCUT2D eigenvalue weighted by atomic mass is 9.78. The molecule has 0 unspecified atom stereocenters. The van der Waals surface area contributed by atoms with Gasteiger partial charge in [-0.05, 0) is 57.1 Å². The van der Waals surface area contributed by atoms with E-state index in [0.29, 0.717) is 31.0 Å². The number of pyridine rings is 1. The molecule has 1 N–H and O–H groups in total. The lowest BCUT2D eigenvalue weighted by Crippen LogP contribution is -2.50. The van der Waals surface area contributed by atoms with Crippen LogP contribution in [-0.2, 0) is 11.0 Å². The van der Waals surface area contributed by atoms with Crippen molar-refractivity contribution in [2.45, 2.75) is 63.3 Å². The van der Waals surface area contributed by atoms with Gasteiger partial charge in [-0.2, -0.15) is 13.2 Å². The molecule has 2 aromatic rings. The van der Waals surface area contributed by atoms with Gasteiger partial charge in [-0.3, -0.25) is 4.79 Å². The summed E-state index contributed by atoms with van der Waals surface area (Å²) in [7, 11) is 0. The molecule has 0 radical (unpaired) electrons. The zero-order valence-electron chi connectivity index (χ0n) is 17.9. The third-order valence-electron chi connectivity index (χ3n) is 7.56. The van der Waals surface area contributed by atoms with Gasteiger partial charge in [0.15, 0.2) is 0 Å². The lowest BCUT2D eigenvalue weighted by molar-refractivity contribution is -0.139. The molecule has 1 atom stereocenters. The van der Waals surface area contributed by atoms with Crippen LogP contribution < -0.4 is 4.90 Å². The number of hydrogen-bond acceptors (Lipinski definition) is 4. The first-order valence-electron chi connectivity index (χ1n) is 11.5. The summed E-state index contributed by atoms with van der Waals surface area (Å²) in [6, 6.07) is 7.64. The number of likely N-dealkylation sites (tertiary alicyclic amines) is 1. The molecule has 3 fully saturated rings. The summed E-state index contributed by atoms with van der Waals surface area (Å²) in [6.45, 7) is 1.68. The predicted octanol–water partition coefficient (Wildman–Crippen LogP) is 4.38. The minimum absolute atomic E-state index is 0.0954. The van der Waals surface area contributed by atoms with E-state index in [2.05, 4.69) is 4.98 Å². The Morgan fingerprint density at radius 1 is 1.06 bits per heavy atom. The number of aliphatic hydroxyl groups excluding tert-OH is 1. The predicted molar refractivity (Wildman–Crippen MR) is 115 cm³/mol. The van der Waals surface area contributed by atoms with Crippen molar-refractivity contribution in [1.29, 1.82) is 0 Å². The van der Waals surface area contributed by atoms with Crippen molar-refractivity contribution >= 4 is 22.6 Å². The molecule has 0 bridgehead atoms. The number of carbonyl (C=O) groups is 1. The number of benzene rings is 1. The number of nitrogens with zero attached hydrogens (tertiary/aromatic N) is 3. The van der Waals surface area contributed by atoms with Crippen LogP contribution in [0.5, 0.6) is 0 Å². The lowest BCUT2D eigenvalue weighted by Gasteiger charge is -2.41. The molecule has 2 saturated heterocycles. The zero-order valence-corrected chi connectivity index (χ0v) is 17.9. The molecule has 1 aliphatic carbocycles. The summed E-state index contributed by atoms with van der Waals surface area (Å²) in [6.07, 6.45) is 0.542. The van der Waals surface area contributed by atoms with Gasteiger partial charge >= 0.3 is 6.18 Å². The number of amides is 1. The highest BCUT2D eigenvalue weighted by atomic mass is 19.4. The minimum atomic E-state index is -4.48. The molecule has 8 heteroatoms. The molecule has 2 aliphatic heterocycles. The number of piperidine rings is 1. The first-order chi connectivity index (χ1) is 15.3. The van der Waals surface area contributed by atoms with Crippen molar-refractivity contribution in [1.82, 2.24) is 9.88 Å². The van der Waals surface area contributed by atoms with Gasteiger partial charge in [-0.15, -0.1) is 0 Å². The van der Waals surface area contributed by atoms with Gasteiger partial charge in [0.25, 0.3) is 0 Å². The van der Waals surface area contributed by atoms with Crippen molar-refractivity contribution in [3.05, 3.63) is 35.9 Å². The number of aliphatic hydroxyl groups is 1. The van der Waals surface area contributed by atoms with Crippen LogP contribution in [-0.4, -0.2) is 52.7 Å². The summed E-state index contributed by atoms with van der Waals surface area (Å²) >= 11 is 0. The highest BCUT2D eigenvalue weighted by molar-refractivity contribution is 5.87. The fourth-order valence-electron chi connectivity index (χ4n) is 5.83. The fourth-order valence-corrected chi connectivity index (χ4v) is 5.83. The van der Waals surface area contributed by atoms with Crippen LogP contribution in [0.15, 0.2) is 30.3 Å². The third kappa shape index (κ3) is 3.72. The van der Waals surface area contributed by atoms with Crippen molar-refractivity contribution in [3.63, 3.8) is 0 Å². The summed E-state index contributed by atoms with van der Waals surface area (Å²) in [5.74, 6) is 0.419. The first kappa shape index (κ1) is 21.5. The number of aromatic nitrogens is 1. The standard InChI is InChI=1S/C24H28F3N3O2/c25-24(26,27)19-14-21(28-20-5-2-1-4-18(19)20)29-12-3-10-23(15-29)11-13-30(22(23)32)16-6-8-17(31)9-7-16/h1-2,4-5,14,16-17,31H,3,6-13,15H2/t16-,17-,23-/m0/s1. The van der Waals surface area contributed by atoms with Gasteiger partial charge in [0, 0.05) is 31.1 Å². The molecule has 1 aromatic carbocycles. The van der Waals surface area contributed by atoms with Crippen LogP contribution in [0.25, 0.3) is 10.9 Å². The number of alkyl halides is 3. The highest BCUT2D eigenvalue weighted by Crippen LogP contribution is 2.44. The maximum absolute atomic E-state index is 13.8. The number of anilines is 1. The van der Waals surface area contributed by atoms with Crippen molar-refractivity contribution in [2.24, 2.45) is 5.41 Å². The largest absolute Gasteiger partial charge is 0.417 e. The van der Waals surface area contributed by atoms with Crippen LogP contribution in [0.2, 0.25) is 0 Å². The third-order valence-corrected chi connectivity index (χ3v) is 7.56. The van der Waals surface area contributed by atoms with E-state index in [1.165, 1.54) is 6.07 Å². The fraction of sp³-hybridized carbons (Fsp3) is 0.583. The van der Waals surface area contributed by atoms with Crippen LogP contribution in [0.4, 0.5) is 19.0 Å². The Labute approximate surface area is 185 Å².